The maximum absolute atomic E-state index is 13.6. The van der Waals surface area contributed by atoms with Crippen LogP contribution in [0, 0.1) is 11.7 Å². The molecule has 0 amide bonds. The molecule has 2 N–H and O–H groups in total. The van der Waals surface area contributed by atoms with Gasteiger partial charge in [0, 0.05) is 29.3 Å². The molecule has 1 heterocycles. The molecule has 2 nitrogen and oxygen atoms in total. The van der Waals surface area contributed by atoms with Crippen molar-refractivity contribution in [1.82, 2.24) is 0 Å². The number of hydrogen-bond acceptors (Lipinski definition) is 2. The van der Waals surface area contributed by atoms with Gasteiger partial charge in [-0.2, -0.15) is 0 Å². The molecule has 88 valence electrons. The third-order valence-electron chi connectivity index (χ3n) is 3.09. The summed E-state index contributed by atoms with van der Waals surface area (Å²) in [6.45, 7) is 1.46. The van der Waals surface area contributed by atoms with Gasteiger partial charge in [0.05, 0.1) is 0 Å². The molecule has 4 heteroatoms. The first kappa shape index (κ1) is 12.0. The van der Waals surface area contributed by atoms with Crippen molar-refractivity contribution in [3.63, 3.8) is 0 Å². The number of hydrogen-bond donors (Lipinski definition) is 1. The molecule has 0 radical (unpaired) electrons. The van der Waals surface area contributed by atoms with E-state index in [9.17, 15) is 4.39 Å². The van der Waals surface area contributed by atoms with Crippen molar-refractivity contribution in [3.8, 4) is 0 Å². The molecule has 1 aromatic rings. The number of rotatable bonds is 2. The summed E-state index contributed by atoms with van der Waals surface area (Å²) < 4.78 is 19.8. The fourth-order valence-electron chi connectivity index (χ4n) is 2.10. The van der Waals surface area contributed by atoms with Crippen molar-refractivity contribution in [2.24, 2.45) is 11.7 Å². The fourth-order valence-corrected chi connectivity index (χ4v) is 2.48. The molecule has 0 aromatic heterocycles. The molecular weight excluding hydrogens is 273 g/mol. The Kier molecular flexibility index (Phi) is 3.95. The van der Waals surface area contributed by atoms with Crippen LogP contribution in [-0.2, 0) is 4.74 Å². The highest BCUT2D eigenvalue weighted by Crippen LogP contribution is 2.30. The van der Waals surface area contributed by atoms with Crippen molar-refractivity contribution in [2.45, 2.75) is 18.9 Å². The molecule has 1 aliphatic heterocycles. The molecule has 1 aliphatic rings. The third kappa shape index (κ3) is 2.62. The summed E-state index contributed by atoms with van der Waals surface area (Å²) in [7, 11) is 0. The zero-order chi connectivity index (χ0) is 11.5. The van der Waals surface area contributed by atoms with Gasteiger partial charge in [-0.3, -0.25) is 0 Å². The minimum atomic E-state index is -0.235. The van der Waals surface area contributed by atoms with Crippen LogP contribution in [-0.4, -0.2) is 13.2 Å². The van der Waals surface area contributed by atoms with Crippen LogP contribution < -0.4 is 5.73 Å². The topological polar surface area (TPSA) is 35.2 Å². The van der Waals surface area contributed by atoms with Gasteiger partial charge in [-0.25, -0.2) is 4.39 Å². The highest BCUT2D eigenvalue weighted by molar-refractivity contribution is 9.10. The van der Waals surface area contributed by atoms with Crippen LogP contribution in [0.1, 0.15) is 24.4 Å². The van der Waals surface area contributed by atoms with Gasteiger partial charge >= 0.3 is 0 Å². The second-order valence-corrected chi connectivity index (χ2v) is 5.06. The molecule has 16 heavy (non-hydrogen) atoms. The number of ether oxygens (including phenoxy) is 1. The Morgan fingerprint density at radius 3 is 2.75 bits per heavy atom. The molecule has 1 unspecified atom stereocenters. The first-order valence-electron chi connectivity index (χ1n) is 5.47. The predicted molar refractivity (Wildman–Crippen MR) is 64.6 cm³/mol. The van der Waals surface area contributed by atoms with Crippen LogP contribution in [0.25, 0.3) is 0 Å². The SMILES string of the molecule is NC(c1cc(Br)ccc1F)C1CCOCC1. The molecule has 1 saturated heterocycles. The fraction of sp³-hybridized carbons (Fsp3) is 0.500. The monoisotopic (exact) mass is 287 g/mol. The van der Waals surface area contributed by atoms with E-state index in [0.29, 0.717) is 11.5 Å². The van der Waals surface area contributed by atoms with Crippen LogP contribution in [0.3, 0.4) is 0 Å². The van der Waals surface area contributed by atoms with Crippen molar-refractivity contribution < 1.29 is 9.13 Å². The van der Waals surface area contributed by atoms with Gasteiger partial charge < -0.3 is 10.5 Å². The van der Waals surface area contributed by atoms with Gasteiger partial charge in [0.15, 0.2) is 0 Å². The lowest BCUT2D eigenvalue weighted by atomic mass is 9.87. The van der Waals surface area contributed by atoms with E-state index in [4.69, 9.17) is 10.5 Å². The van der Waals surface area contributed by atoms with Crippen molar-refractivity contribution in [3.05, 3.63) is 34.1 Å². The largest absolute Gasteiger partial charge is 0.381 e. The van der Waals surface area contributed by atoms with Crippen LogP contribution in [0.15, 0.2) is 22.7 Å². The first-order valence-corrected chi connectivity index (χ1v) is 6.26. The minimum absolute atomic E-state index is 0.220. The zero-order valence-corrected chi connectivity index (χ0v) is 10.5. The predicted octanol–water partition coefficient (Wildman–Crippen LogP) is 3.01. The Bertz CT molecular complexity index is 366. The quantitative estimate of drug-likeness (QED) is 0.908. The molecule has 0 aliphatic carbocycles. The summed E-state index contributed by atoms with van der Waals surface area (Å²) >= 11 is 3.34. The Balaban J connectivity index is 2.18. The number of nitrogens with two attached hydrogens (primary N) is 1. The van der Waals surface area contributed by atoms with Gasteiger partial charge in [-0.15, -0.1) is 0 Å². The van der Waals surface area contributed by atoms with Crippen LogP contribution >= 0.6 is 15.9 Å². The molecule has 1 fully saturated rings. The van der Waals surface area contributed by atoms with Gasteiger partial charge in [-0.05, 0) is 37.0 Å². The highest BCUT2D eigenvalue weighted by Gasteiger charge is 2.24. The summed E-state index contributed by atoms with van der Waals surface area (Å²) in [6, 6.07) is 4.69. The van der Waals surface area contributed by atoms with E-state index in [2.05, 4.69) is 15.9 Å². The van der Waals surface area contributed by atoms with Gasteiger partial charge in [0.1, 0.15) is 5.82 Å². The first-order chi connectivity index (χ1) is 7.68. The van der Waals surface area contributed by atoms with E-state index in [1.807, 2.05) is 0 Å². The van der Waals surface area contributed by atoms with Crippen LogP contribution in [0.4, 0.5) is 4.39 Å². The molecule has 1 aromatic carbocycles. The van der Waals surface area contributed by atoms with Crippen LogP contribution in [0.5, 0.6) is 0 Å². The summed E-state index contributed by atoms with van der Waals surface area (Å²) in [5.41, 5.74) is 6.72. The van der Waals surface area contributed by atoms with Crippen molar-refractivity contribution >= 4 is 15.9 Å². The molecule has 0 bridgehead atoms. The van der Waals surface area contributed by atoms with E-state index in [-0.39, 0.29) is 11.9 Å². The third-order valence-corrected chi connectivity index (χ3v) is 3.58. The Morgan fingerprint density at radius 2 is 2.06 bits per heavy atom. The summed E-state index contributed by atoms with van der Waals surface area (Å²) in [6.07, 6.45) is 1.82. The average Bonchev–Trinajstić information content (AvgIpc) is 2.32. The number of benzene rings is 1. The van der Waals surface area contributed by atoms with E-state index in [1.165, 1.54) is 6.07 Å². The maximum atomic E-state index is 13.6. The summed E-state index contributed by atoms with van der Waals surface area (Å²) in [5.74, 6) is 0.0970. The standard InChI is InChI=1S/C12H15BrFNO/c13-9-1-2-11(14)10(7-9)12(15)8-3-5-16-6-4-8/h1-2,7-8,12H,3-6,15H2. The van der Waals surface area contributed by atoms with E-state index in [0.717, 1.165) is 30.5 Å². The van der Waals surface area contributed by atoms with Gasteiger partial charge in [0.2, 0.25) is 0 Å². The maximum Gasteiger partial charge on any atom is 0.128 e. The summed E-state index contributed by atoms with van der Waals surface area (Å²) in [5, 5.41) is 0. The number of halogens is 2. The summed E-state index contributed by atoms with van der Waals surface area (Å²) in [4.78, 5) is 0. The lowest BCUT2D eigenvalue weighted by Gasteiger charge is -2.28. The Hall–Kier alpha value is -0.450. The van der Waals surface area contributed by atoms with Gasteiger partial charge in [-0.1, -0.05) is 15.9 Å². The van der Waals surface area contributed by atoms with Gasteiger partial charge in [0.25, 0.3) is 0 Å². The zero-order valence-electron chi connectivity index (χ0n) is 8.96. The lowest BCUT2D eigenvalue weighted by Crippen LogP contribution is -2.28. The van der Waals surface area contributed by atoms with Crippen molar-refractivity contribution in [1.29, 1.82) is 0 Å². The van der Waals surface area contributed by atoms with E-state index >= 15 is 0 Å². The van der Waals surface area contributed by atoms with Crippen molar-refractivity contribution in [2.75, 3.05) is 13.2 Å². The minimum Gasteiger partial charge on any atom is -0.381 e. The Labute approximate surface area is 103 Å². The Morgan fingerprint density at radius 1 is 1.38 bits per heavy atom. The molecule has 2 rings (SSSR count). The molecule has 0 saturated carbocycles. The average molecular weight is 288 g/mol. The van der Waals surface area contributed by atoms with Crippen LogP contribution in [0.2, 0.25) is 0 Å². The van der Waals surface area contributed by atoms with E-state index < -0.39 is 0 Å². The normalized spacial score (nSPS) is 19.7. The molecular formula is C12H15BrFNO. The second kappa shape index (κ2) is 5.25. The molecule has 0 spiro atoms. The lowest BCUT2D eigenvalue weighted by molar-refractivity contribution is 0.0580. The smallest absolute Gasteiger partial charge is 0.128 e. The highest BCUT2D eigenvalue weighted by atomic mass is 79.9. The van der Waals surface area contributed by atoms with E-state index in [1.54, 1.807) is 12.1 Å². The second-order valence-electron chi connectivity index (χ2n) is 4.14. The molecule has 1 atom stereocenters.